The van der Waals surface area contributed by atoms with Crippen LogP contribution in [0.3, 0.4) is 0 Å². The van der Waals surface area contributed by atoms with Crippen molar-refractivity contribution in [3.63, 3.8) is 0 Å². The highest BCUT2D eigenvalue weighted by molar-refractivity contribution is 7.92. The van der Waals surface area contributed by atoms with Crippen LogP contribution in [0, 0.1) is 13.8 Å². The molecule has 30 heavy (non-hydrogen) atoms. The number of benzene rings is 2. The first-order chi connectivity index (χ1) is 13.9. The molecule has 0 radical (unpaired) electrons. The predicted molar refractivity (Wildman–Crippen MR) is 117 cm³/mol. The average Bonchev–Trinajstić information content (AvgIpc) is 3.30. The molecule has 2 aromatic rings. The fraction of sp³-hybridized carbons (Fsp3) is 0.435. The van der Waals surface area contributed by atoms with E-state index in [0.717, 1.165) is 16.7 Å². The van der Waals surface area contributed by atoms with Gasteiger partial charge in [0.1, 0.15) is 10.9 Å². The molecule has 3 N–H and O–H groups in total. The fourth-order valence-corrected chi connectivity index (χ4v) is 6.26. The Hall–Kier alpha value is -2.38. The zero-order valence-electron chi connectivity index (χ0n) is 18.1. The summed E-state index contributed by atoms with van der Waals surface area (Å²) in [4.78, 5) is 12.8. The lowest BCUT2D eigenvalue weighted by atomic mass is 10.0. The first-order valence-electron chi connectivity index (χ1n) is 9.99. The molecular weight excluding hydrogens is 400 g/mol. The first kappa shape index (κ1) is 22.3. The maximum atomic E-state index is 13.5. The van der Waals surface area contributed by atoms with E-state index >= 15 is 0 Å². The van der Waals surface area contributed by atoms with Crippen LogP contribution in [0.25, 0.3) is 0 Å². The molecular formula is C23H30N2O4S. The van der Waals surface area contributed by atoms with Crippen molar-refractivity contribution >= 4 is 15.9 Å². The number of carbonyl (C=O) groups excluding carboxylic acids is 1. The van der Waals surface area contributed by atoms with E-state index in [4.69, 9.17) is 10.5 Å². The van der Waals surface area contributed by atoms with Crippen molar-refractivity contribution in [2.24, 2.45) is 5.73 Å². The number of aryl methyl sites for hydroxylation is 2. The van der Waals surface area contributed by atoms with Crippen LogP contribution in [0.15, 0.2) is 53.4 Å². The third-order valence-corrected chi connectivity index (χ3v) is 7.74. The van der Waals surface area contributed by atoms with E-state index in [0.29, 0.717) is 0 Å². The molecule has 6 nitrogen and oxygen atoms in total. The number of hydrogen-bond acceptors (Lipinski definition) is 5. The highest BCUT2D eigenvalue weighted by Crippen LogP contribution is 2.57. The molecule has 0 saturated heterocycles. The van der Waals surface area contributed by atoms with E-state index in [1.165, 1.54) is 0 Å². The summed E-state index contributed by atoms with van der Waals surface area (Å²) in [7, 11) is -3.75. The van der Waals surface area contributed by atoms with E-state index in [2.05, 4.69) is 5.32 Å². The summed E-state index contributed by atoms with van der Waals surface area (Å²) in [6, 6.07) is 14.4. The first-order valence-corrected chi connectivity index (χ1v) is 11.5. The van der Waals surface area contributed by atoms with Gasteiger partial charge in [-0.15, -0.1) is 0 Å². The van der Waals surface area contributed by atoms with Crippen LogP contribution in [-0.2, 0) is 14.6 Å². The van der Waals surface area contributed by atoms with Crippen molar-refractivity contribution in [2.75, 3.05) is 6.54 Å². The maximum Gasteiger partial charge on any atom is 0.408 e. The fourth-order valence-electron chi connectivity index (χ4n) is 3.92. The lowest BCUT2D eigenvalue weighted by molar-refractivity contribution is 0.0497. The lowest BCUT2D eigenvalue weighted by Crippen LogP contribution is -2.49. The molecule has 162 valence electrons. The van der Waals surface area contributed by atoms with Gasteiger partial charge < -0.3 is 15.8 Å². The molecule has 1 aliphatic rings. The second kappa shape index (κ2) is 7.71. The third kappa shape index (κ3) is 4.23. The summed E-state index contributed by atoms with van der Waals surface area (Å²) in [5.74, 6) is -0.470. The van der Waals surface area contributed by atoms with Gasteiger partial charge in [0.05, 0.1) is 10.4 Å². The molecule has 1 saturated carbocycles. The number of hydrogen-bond donors (Lipinski definition) is 2. The van der Waals surface area contributed by atoms with E-state index < -0.39 is 38.2 Å². The number of nitrogens with one attached hydrogen (secondary N) is 1. The summed E-state index contributed by atoms with van der Waals surface area (Å²) < 4.78 is 32.5. The number of sulfone groups is 1. The number of rotatable bonds is 5. The molecule has 1 fully saturated rings. The SMILES string of the molecule is Cc1ccc(C2C(S(=O)(=O)c3ccc(C)cc3)C2(CN)NC(=O)OC(C)(C)C)cc1. The van der Waals surface area contributed by atoms with Crippen molar-refractivity contribution in [3.8, 4) is 0 Å². The highest BCUT2D eigenvalue weighted by Gasteiger charge is 2.71. The Bertz CT molecular complexity index is 1020. The van der Waals surface area contributed by atoms with Crippen LogP contribution < -0.4 is 11.1 Å². The van der Waals surface area contributed by atoms with Gasteiger partial charge >= 0.3 is 6.09 Å². The molecule has 1 aliphatic carbocycles. The smallest absolute Gasteiger partial charge is 0.408 e. The second-order valence-corrected chi connectivity index (χ2v) is 11.1. The van der Waals surface area contributed by atoms with E-state index in [-0.39, 0.29) is 11.4 Å². The van der Waals surface area contributed by atoms with Gasteiger partial charge in [0, 0.05) is 12.5 Å². The number of nitrogens with two attached hydrogens (primary N) is 1. The monoisotopic (exact) mass is 430 g/mol. The van der Waals surface area contributed by atoms with Gasteiger partial charge in [-0.3, -0.25) is 0 Å². The van der Waals surface area contributed by atoms with Crippen molar-refractivity contribution in [1.29, 1.82) is 0 Å². The van der Waals surface area contributed by atoms with Gasteiger partial charge in [-0.25, -0.2) is 13.2 Å². The Labute approximate surface area is 178 Å². The van der Waals surface area contributed by atoms with Crippen LogP contribution in [0.1, 0.15) is 43.4 Å². The number of amides is 1. The zero-order chi connectivity index (χ0) is 22.3. The molecule has 0 heterocycles. The van der Waals surface area contributed by atoms with Gasteiger partial charge in [0.15, 0.2) is 9.84 Å². The molecule has 3 unspecified atom stereocenters. The van der Waals surface area contributed by atoms with Crippen LogP contribution in [0.2, 0.25) is 0 Å². The molecule has 0 bridgehead atoms. The largest absolute Gasteiger partial charge is 0.444 e. The van der Waals surface area contributed by atoms with Crippen LogP contribution in [0.4, 0.5) is 4.79 Å². The van der Waals surface area contributed by atoms with Gasteiger partial charge in [-0.05, 0) is 52.3 Å². The molecule has 3 atom stereocenters. The van der Waals surface area contributed by atoms with Gasteiger partial charge in [0.25, 0.3) is 0 Å². The minimum atomic E-state index is -3.75. The summed E-state index contributed by atoms with van der Waals surface area (Å²) in [6.07, 6.45) is -0.674. The quantitative estimate of drug-likeness (QED) is 0.757. The molecule has 1 amide bonds. The standard InChI is InChI=1S/C23H30N2O4S/c1-15-6-10-17(11-7-15)19-20(30(27,28)18-12-8-16(2)9-13-18)23(19,14-24)25-21(26)29-22(3,4)5/h6-13,19-20H,14,24H2,1-5H3,(H,25,26). The zero-order valence-corrected chi connectivity index (χ0v) is 18.9. The highest BCUT2D eigenvalue weighted by atomic mass is 32.2. The molecule has 0 spiro atoms. The van der Waals surface area contributed by atoms with Crippen molar-refractivity contribution in [3.05, 3.63) is 65.2 Å². The van der Waals surface area contributed by atoms with Crippen LogP contribution >= 0.6 is 0 Å². The summed E-state index contributed by atoms with van der Waals surface area (Å²) in [5, 5.41) is 1.93. The Kier molecular flexibility index (Phi) is 5.73. The average molecular weight is 431 g/mol. The Morgan fingerprint density at radius 3 is 2.00 bits per heavy atom. The van der Waals surface area contributed by atoms with Crippen LogP contribution in [-0.4, -0.2) is 37.4 Å². The Balaban J connectivity index is 2.03. The van der Waals surface area contributed by atoms with Crippen molar-refractivity contribution < 1.29 is 17.9 Å². The Morgan fingerprint density at radius 1 is 1.03 bits per heavy atom. The molecule has 0 aliphatic heterocycles. The van der Waals surface area contributed by atoms with E-state index in [1.54, 1.807) is 45.0 Å². The third-order valence-electron chi connectivity index (χ3n) is 5.45. The number of alkyl carbamates (subject to hydrolysis) is 1. The minimum Gasteiger partial charge on any atom is -0.444 e. The normalized spacial score (nSPS) is 23.7. The van der Waals surface area contributed by atoms with Gasteiger partial charge in [0.2, 0.25) is 0 Å². The molecule has 2 aromatic carbocycles. The van der Waals surface area contributed by atoms with Crippen LogP contribution in [0.5, 0.6) is 0 Å². The number of ether oxygens (including phenoxy) is 1. The summed E-state index contributed by atoms with van der Waals surface area (Å²) in [6.45, 7) is 9.11. The number of carbonyl (C=O) groups is 1. The van der Waals surface area contributed by atoms with E-state index in [9.17, 15) is 13.2 Å². The van der Waals surface area contributed by atoms with Crippen molar-refractivity contribution in [2.45, 2.75) is 61.8 Å². The summed E-state index contributed by atoms with van der Waals surface area (Å²) >= 11 is 0. The molecule has 0 aromatic heterocycles. The second-order valence-electron chi connectivity index (χ2n) is 9.04. The molecule has 7 heteroatoms. The lowest BCUT2D eigenvalue weighted by Gasteiger charge is -2.24. The van der Waals surface area contributed by atoms with E-state index in [1.807, 2.05) is 38.1 Å². The predicted octanol–water partition coefficient (Wildman–Crippen LogP) is 3.47. The van der Waals surface area contributed by atoms with Crippen molar-refractivity contribution in [1.82, 2.24) is 5.32 Å². The summed E-state index contributed by atoms with van der Waals surface area (Å²) in [5.41, 5.74) is 7.10. The minimum absolute atomic E-state index is 0.0272. The molecule has 3 rings (SSSR count). The van der Waals surface area contributed by atoms with Gasteiger partial charge in [-0.2, -0.15) is 0 Å². The topological polar surface area (TPSA) is 98.5 Å². The Morgan fingerprint density at radius 2 is 1.53 bits per heavy atom. The maximum absolute atomic E-state index is 13.5. The van der Waals surface area contributed by atoms with Gasteiger partial charge in [-0.1, -0.05) is 47.5 Å².